The molecular weight excluding hydrogens is 302 g/mol. The molecule has 0 bridgehead atoms. The SMILES string of the molecule is O=C(NC[C@H]1CCCO1)c1ccc(-c2cnc3[nH]ccc3c2)cc1. The third-order valence-electron chi connectivity index (χ3n) is 4.39. The number of hydrogen-bond acceptors (Lipinski definition) is 3. The number of nitrogens with zero attached hydrogens (tertiary/aromatic N) is 1. The molecule has 3 aromatic rings. The molecule has 0 spiro atoms. The number of pyridine rings is 1. The summed E-state index contributed by atoms with van der Waals surface area (Å²) in [5.74, 6) is -0.0590. The molecule has 0 saturated carbocycles. The summed E-state index contributed by atoms with van der Waals surface area (Å²) in [5, 5.41) is 4.02. The van der Waals surface area contributed by atoms with Crippen LogP contribution in [0.2, 0.25) is 0 Å². The van der Waals surface area contributed by atoms with Gasteiger partial charge in [-0.25, -0.2) is 4.98 Å². The fourth-order valence-electron chi connectivity index (χ4n) is 3.03. The highest BCUT2D eigenvalue weighted by Gasteiger charge is 2.16. The number of hydrogen-bond donors (Lipinski definition) is 2. The zero-order valence-electron chi connectivity index (χ0n) is 13.3. The molecule has 24 heavy (non-hydrogen) atoms. The molecule has 1 atom stereocenters. The maximum Gasteiger partial charge on any atom is 0.251 e. The van der Waals surface area contributed by atoms with E-state index >= 15 is 0 Å². The molecule has 1 amide bonds. The van der Waals surface area contributed by atoms with Crippen LogP contribution in [0.3, 0.4) is 0 Å². The van der Waals surface area contributed by atoms with E-state index in [-0.39, 0.29) is 12.0 Å². The van der Waals surface area contributed by atoms with Gasteiger partial charge < -0.3 is 15.0 Å². The molecule has 0 radical (unpaired) electrons. The summed E-state index contributed by atoms with van der Waals surface area (Å²) in [5.41, 5.74) is 3.62. The van der Waals surface area contributed by atoms with Gasteiger partial charge >= 0.3 is 0 Å². The fourth-order valence-corrected chi connectivity index (χ4v) is 3.03. The molecule has 5 heteroatoms. The highest BCUT2D eigenvalue weighted by Crippen LogP contribution is 2.22. The third kappa shape index (κ3) is 3.03. The highest BCUT2D eigenvalue weighted by atomic mass is 16.5. The number of aromatic nitrogens is 2. The lowest BCUT2D eigenvalue weighted by Crippen LogP contribution is -2.31. The molecular formula is C19H19N3O2. The molecule has 2 N–H and O–H groups in total. The summed E-state index contributed by atoms with van der Waals surface area (Å²) >= 11 is 0. The minimum absolute atomic E-state index is 0.0590. The Balaban J connectivity index is 1.46. The predicted octanol–water partition coefficient (Wildman–Crippen LogP) is 3.14. The first-order valence-corrected chi connectivity index (χ1v) is 8.23. The van der Waals surface area contributed by atoms with Gasteiger partial charge in [0.05, 0.1) is 6.10 Å². The van der Waals surface area contributed by atoms with Crippen molar-refractivity contribution in [2.75, 3.05) is 13.2 Å². The van der Waals surface area contributed by atoms with Crippen molar-refractivity contribution >= 4 is 16.9 Å². The molecule has 2 aromatic heterocycles. The Morgan fingerprint density at radius 2 is 2.12 bits per heavy atom. The molecule has 122 valence electrons. The first kappa shape index (κ1) is 14.9. The van der Waals surface area contributed by atoms with E-state index in [0.29, 0.717) is 12.1 Å². The van der Waals surface area contributed by atoms with E-state index in [9.17, 15) is 4.79 Å². The molecule has 4 rings (SSSR count). The minimum Gasteiger partial charge on any atom is -0.376 e. The lowest BCUT2D eigenvalue weighted by Gasteiger charge is -2.11. The molecule has 1 aromatic carbocycles. The number of amides is 1. The predicted molar refractivity (Wildman–Crippen MR) is 92.8 cm³/mol. The lowest BCUT2D eigenvalue weighted by atomic mass is 10.0. The van der Waals surface area contributed by atoms with E-state index < -0.39 is 0 Å². The Morgan fingerprint density at radius 3 is 2.92 bits per heavy atom. The number of nitrogens with one attached hydrogen (secondary N) is 2. The summed E-state index contributed by atoms with van der Waals surface area (Å²) in [6, 6.07) is 11.7. The van der Waals surface area contributed by atoms with Crippen LogP contribution in [0, 0.1) is 0 Å². The maximum absolute atomic E-state index is 12.2. The van der Waals surface area contributed by atoms with Gasteiger partial charge in [-0.05, 0) is 42.7 Å². The topological polar surface area (TPSA) is 67.0 Å². The molecule has 0 unspecified atom stereocenters. The van der Waals surface area contributed by atoms with Crippen LogP contribution < -0.4 is 5.32 Å². The Morgan fingerprint density at radius 1 is 1.25 bits per heavy atom. The zero-order valence-corrected chi connectivity index (χ0v) is 13.3. The van der Waals surface area contributed by atoms with Crippen molar-refractivity contribution in [1.29, 1.82) is 0 Å². The summed E-state index contributed by atoms with van der Waals surface area (Å²) in [7, 11) is 0. The van der Waals surface area contributed by atoms with Gasteiger partial charge in [0.2, 0.25) is 0 Å². The largest absolute Gasteiger partial charge is 0.376 e. The average molecular weight is 321 g/mol. The molecule has 1 saturated heterocycles. The van der Waals surface area contributed by atoms with E-state index in [1.54, 1.807) is 0 Å². The van der Waals surface area contributed by atoms with Crippen LogP contribution in [-0.2, 0) is 4.74 Å². The van der Waals surface area contributed by atoms with Crippen LogP contribution in [-0.4, -0.2) is 35.1 Å². The van der Waals surface area contributed by atoms with Crippen molar-refractivity contribution in [1.82, 2.24) is 15.3 Å². The minimum atomic E-state index is -0.0590. The summed E-state index contributed by atoms with van der Waals surface area (Å²) in [6.07, 6.45) is 5.98. The van der Waals surface area contributed by atoms with Crippen LogP contribution in [0.25, 0.3) is 22.2 Å². The van der Waals surface area contributed by atoms with Gasteiger partial charge in [0.1, 0.15) is 5.65 Å². The van der Waals surface area contributed by atoms with Gasteiger partial charge in [0.25, 0.3) is 5.91 Å². The summed E-state index contributed by atoms with van der Waals surface area (Å²) in [6.45, 7) is 1.38. The van der Waals surface area contributed by atoms with Gasteiger partial charge in [-0.15, -0.1) is 0 Å². The number of rotatable bonds is 4. The van der Waals surface area contributed by atoms with E-state index in [0.717, 1.165) is 41.6 Å². The second-order valence-electron chi connectivity index (χ2n) is 6.06. The third-order valence-corrected chi connectivity index (χ3v) is 4.39. The van der Waals surface area contributed by atoms with Gasteiger partial charge in [-0.3, -0.25) is 4.79 Å². The van der Waals surface area contributed by atoms with E-state index in [1.807, 2.05) is 42.7 Å². The highest BCUT2D eigenvalue weighted by molar-refractivity contribution is 5.94. The fraction of sp³-hybridized carbons (Fsp3) is 0.263. The van der Waals surface area contributed by atoms with Crippen molar-refractivity contribution in [3.05, 3.63) is 54.4 Å². The Bertz CT molecular complexity index is 848. The molecule has 5 nitrogen and oxygen atoms in total. The number of carbonyl (C=O) groups excluding carboxylic acids is 1. The van der Waals surface area contributed by atoms with Gasteiger partial charge in [-0.2, -0.15) is 0 Å². The van der Waals surface area contributed by atoms with Crippen LogP contribution in [0.1, 0.15) is 23.2 Å². The van der Waals surface area contributed by atoms with Crippen molar-refractivity contribution in [3.8, 4) is 11.1 Å². The van der Waals surface area contributed by atoms with Gasteiger partial charge in [0, 0.05) is 42.1 Å². The lowest BCUT2D eigenvalue weighted by molar-refractivity contribution is 0.0858. The molecule has 1 aliphatic rings. The zero-order chi connectivity index (χ0) is 16.4. The van der Waals surface area contributed by atoms with E-state index in [2.05, 4.69) is 21.4 Å². The Labute approximate surface area is 140 Å². The first-order chi connectivity index (χ1) is 11.8. The van der Waals surface area contributed by atoms with Gasteiger partial charge in [0.15, 0.2) is 0 Å². The monoisotopic (exact) mass is 321 g/mol. The average Bonchev–Trinajstić information content (AvgIpc) is 3.30. The summed E-state index contributed by atoms with van der Waals surface area (Å²) in [4.78, 5) is 19.7. The first-order valence-electron chi connectivity index (χ1n) is 8.23. The van der Waals surface area contributed by atoms with Crippen LogP contribution in [0.5, 0.6) is 0 Å². The number of benzene rings is 1. The normalized spacial score (nSPS) is 17.2. The second kappa shape index (κ2) is 6.45. The standard InChI is InChI=1S/C19H19N3O2/c23-19(22-12-17-2-1-9-24-17)14-5-3-13(4-6-14)16-10-15-7-8-20-18(15)21-11-16/h3-8,10-11,17H,1-2,9,12H2,(H,20,21)(H,22,23)/t17-/m1/s1. The van der Waals surface area contributed by atoms with E-state index in [1.165, 1.54) is 0 Å². The van der Waals surface area contributed by atoms with E-state index in [4.69, 9.17) is 4.74 Å². The molecule has 0 aliphatic carbocycles. The van der Waals surface area contributed by atoms with Crippen molar-refractivity contribution in [2.24, 2.45) is 0 Å². The number of aromatic amines is 1. The summed E-state index contributed by atoms with van der Waals surface area (Å²) < 4.78 is 5.52. The second-order valence-corrected chi connectivity index (χ2v) is 6.06. The quantitative estimate of drug-likeness (QED) is 0.776. The van der Waals surface area contributed by atoms with Crippen molar-refractivity contribution in [2.45, 2.75) is 18.9 Å². The number of carbonyl (C=O) groups is 1. The number of ether oxygens (including phenoxy) is 1. The maximum atomic E-state index is 12.2. The molecule has 1 aliphatic heterocycles. The Hall–Kier alpha value is -2.66. The molecule has 1 fully saturated rings. The van der Waals surface area contributed by atoms with Gasteiger partial charge in [-0.1, -0.05) is 12.1 Å². The Kier molecular flexibility index (Phi) is 4.01. The van der Waals surface area contributed by atoms with Crippen LogP contribution in [0.4, 0.5) is 0 Å². The van der Waals surface area contributed by atoms with Crippen molar-refractivity contribution in [3.63, 3.8) is 0 Å². The number of H-pyrrole nitrogens is 1. The van der Waals surface area contributed by atoms with Crippen LogP contribution >= 0.6 is 0 Å². The number of fused-ring (bicyclic) bond motifs is 1. The van der Waals surface area contributed by atoms with Crippen LogP contribution in [0.15, 0.2) is 48.8 Å². The van der Waals surface area contributed by atoms with Crippen molar-refractivity contribution < 1.29 is 9.53 Å². The molecule has 3 heterocycles. The smallest absolute Gasteiger partial charge is 0.251 e.